The fourth-order valence-electron chi connectivity index (χ4n) is 3.60. The van der Waals surface area contributed by atoms with E-state index in [1.807, 2.05) is 37.3 Å². The van der Waals surface area contributed by atoms with Crippen LogP contribution < -0.4 is 0 Å². The summed E-state index contributed by atoms with van der Waals surface area (Å²) in [6, 6.07) is 11.2. The van der Waals surface area contributed by atoms with Crippen molar-refractivity contribution < 1.29 is 18.9 Å². The fourth-order valence-corrected chi connectivity index (χ4v) is 3.60. The molecule has 5 heteroatoms. The minimum Gasteiger partial charge on any atom is -0.360 e. The first-order valence-electron chi connectivity index (χ1n) is 8.60. The summed E-state index contributed by atoms with van der Waals surface area (Å²) in [6.07, 6.45) is 1.00. The SMILES string of the molecule is CCCC(=O)[C@@H]1C(=O)C[C@H](c2ccccc2)[C@H](c2cc(C)no2)C1=O. The molecule has 3 rings (SSSR count). The van der Waals surface area contributed by atoms with Gasteiger partial charge in [0, 0.05) is 24.8 Å². The number of rotatable bonds is 5. The van der Waals surface area contributed by atoms with Gasteiger partial charge in [-0.25, -0.2) is 0 Å². The van der Waals surface area contributed by atoms with Gasteiger partial charge in [0.15, 0.2) is 17.3 Å². The van der Waals surface area contributed by atoms with Gasteiger partial charge in [0.25, 0.3) is 0 Å². The molecule has 2 aromatic rings. The Balaban J connectivity index is 2.03. The van der Waals surface area contributed by atoms with Crippen molar-refractivity contribution in [2.45, 2.75) is 44.9 Å². The molecule has 3 atom stereocenters. The monoisotopic (exact) mass is 339 g/mol. The third-order valence-electron chi connectivity index (χ3n) is 4.74. The Kier molecular flexibility index (Phi) is 4.93. The molecule has 0 unspecified atom stereocenters. The quantitative estimate of drug-likeness (QED) is 0.781. The topological polar surface area (TPSA) is 77.2 Å². The van der Waals surface area contributed by atoms with Gasteiger partial charge in [-0.1, -0.05) is 42.4 Å². The molecular weight excluding hydrogens is 318 g/mol. The Bertz CT molecular complexity index is 793. The van der Waals surface area contributed by atoms with Crippen LogP contribution in [-0.2, 0) is 14.4 Å². The number of aryl methyl sites for hydroxylation is 1. The Labute approximate surface area is 146 Å². The number of benzene rings is 1. The highest BCUT2D eigenvalue weighted by Crippen LogP contribution is 2.43. The number of carbonyl (C=O) groups excluding carboxylic acids is 3. The Morgan fingerprint density at radius 2 is 1.96 bits per heavy atom. The zero-order valence-corrected chi connectivity index (χ0v) is 14.4. The van der Waals surface area contributed by atoms with Gasteiger partial charge in [0.05, 0.1) is 11.6 Å². The van der Waals surface area contributed by atoms with Crippen LogP contribution in [0.3, 0.4) is 0 Å². The van der Waals surface area contributed by atoms with Gasteiger partial charge in [0.1, 0.15) is 11.7 Å². The van der Waals surface area contributed by atoms with Crippen LogP contribution in [0, 0.1) is 12.8 Å². The summed E-state index contributed by atoms with van der Waals surface area (Å²) in [5, 5.41) is 3.88. The summed E-state index contributed by atoms with van der Waals surface area (Å²) in [5.74, 6) is -2.67. The molecule has 5 nitrogen and oxygen atoms in total. The van der Waals surface area contributed by atoms with Crippen LogP contribution >= 0.6 is 0 Å². The summed E-state index contributed by atoms with van der Waals surface area (Å²) in [6.45, 7) is 3.64. The van der Waals surface area contributed by atoms with Crippen molar-refractivity contribution in [3.05, 3.63) is 53.4 Å². The van der Waals surface area contributed by atoms with E-state index in [4.69, 9.17) is 4.52 Å². The summed E-state index contributed by atoms with van der Waals surface area (Å²) >= 11 is 0. The number of aromatic nitrogens is 1. The minimum atomic E-state index is -1.17. The second-order valence-electron chi connectivity index (χ2n) is 6.59. The molecule has 1 saturated carbocycles. The molecule has 0 bridgehead atoms. The van der Waals surface area contributed by atoms with Gasteiger partial charge < -0.3 is 4.52 Å². The van der Waals surface area contributed by atoms with Crippen LogP contribution in [0.15, 0.2) is 40.9 Å². The van der Waals surface area contributed by atoms with Gasteiger partial charge in [-0.05, 0) is 18.9 Å². The van der Waals surface area contributed by atoms with Crippen molar-refractivity contribution >= 4 is 17.3 Å². The molecule has 25 heavy (non-hydrogen) atoms. The second kappa shape index (κ2) is 7.13. The van der Waals surface area contributed by atoms with E-state index in [0.717, 1.165) is 5.56 Å². The number of hydrogen-bond donors (Lipinski definition) is 0. The van der Waals surface area contributed by atoms with Crippen LogP contribution in [0.5, 0.6) is 0 Å². The zero-order chi connectivity index (χ0) is 18.0. The van der Waals surface area contributed by atoms with Crippen molar-refractivity contribution in [3.8, 4) is 0 Å². The van der Waals surface area contributed by atoms with E-state index in [1.165, 1.54) is 0 Å². The van der Waals surface area contributed by atoms with E-state index in [1.54, 1.807) is 13.0 Å². The van der Waals surface area contributed by atoms with E-state index in [-0.39, 0.29) is 36.1 Å². The Morgan fingerprint density at radius 1 is 1.24 bits per heavy atom. The van der Waals surface area contributed by atoms with Crippen LogP contribution in [0.1, 0.15) is 55.0 Å². The average molecular weight is 339 g/mol. The maximum Gasteiger partial charge on any atom is 0.162 e. The van der Waals surface area contributed by atoms with Gasteiger partial charge in [-0.3, -0.25) is 14.4 Å². The van der Waals surface area contributed by atoms with Gasteiger partial charge in [0.2, 0.25) is 0 Å². The normalized spacial score (nSPS) is 23.7. The maximum absolute atomic E-state index is 13.1. The third-order valence-corrected chi connectivity index (χ3v) is 4.74. The largest absolute Gasteiger partial charge is 0.360 e. The number of hydrogen-bond acceptors (Lipinski definition) is 5. The van der Waals surface area contributed by atoms with Crippen LogP contribution in [0.2, 0.25) is 0 Å². The first kappa shape index (κ1) is 17.3. The summed E-state index contributed by atoms with van der Waals surface area (Å²) in [5.41, 5.74) is 1.56. The summed E-state index contributed by atoms with van der Waals surface area (Å²) in [7, 11) is 0. The lowest BCUT2D eigenvalue weighted by molar-refractivity contribution is -0.144. The lowest BCUT2D eigenvalue weighted by Gasteiger charge is -2.32. The first-order valence-corrected chi connectivity index (χ1v) is 8.60. The molecular formula is C20H21NO4. The fraction of sp³-hybridized carbons (Fsp3) is 0.400. The zero-order valence-electron chi connectivity index (χ0n) is 14.4. The average Bonchev–Trinajstić information content (AvgIpc) is 3.01. The van der Waals surface area contributed by atoms with Gasteiger partial charge in [-0.15, -0.1) is 0 Å². The molecule has 1 heterocycles. The molecule has 0 radical (unpaired) electrons. The van der Waals surface area contributed by atoms with Crippen molar-refractivity contribution in [2.24, 2.45) is 5.92 Å². The number of Topliss-reactive ketones (excluding diaryl/α,β-unsaturated/α-hetero) is 3. The van der Waals surface area contributed by atoms with E-state index in [0.29, 0.717) is 17.9 Å². The maximum atomic E-state index is 13.1. The molecule has 0 amide bonds. The minimum absolute atomic E-state index is 0.153. The highest BCUT2D eigenvalue weighted by atomic mass is 16.5. The Morgan fingerprint density at radius 3 is 2.56 bits per heavy atom. The highest BCUT2D eigenvalue weighted by molar-refractivity contribution is 6.22. The first-order chi connectivity index (χ1) is 12.0. The molecule has 0 saturated heterocycles. The van der Waals surface area contributed by atoms with Gasteiger partial charge in [-0.2, -0.15) is 0 Å². The van der Waals surface area contributed by atoms with Crippen molar-refractivity contribution in [1.29, 1.82) is 0 Å². The third kappa shape index (κ3) is 3.31. The molecule has 1 aromatic carbocycles. The molecule has 130 valence electrons. The Hall–Kier alpha value is -2.56. The van der Waals surface area contributed by atoms with Crippen molar-refractivity contribution in [3.63, 3.8) is 0 Å². The summed E-state index contributed by atoms with van der Waals surface area (Å²) in [4.78, 5) is 38.1. The van der Waals surface area contributed by atoms with E-state index >= 15 is 0 Å². The molecule has 1 fully saturated rings. The molecule has 0 aliphatic heterocycles. The van der Waals surface area contributed by atoms with Crippen LogP contribution in [0.25, 0.3) is 0 Å². The number of carbonyl (C=O) groups is 3. The van der Waals surface area contributed by atoms with Crippen LogP contribution in [0.4, 0.5) is 0 Å². The molecule has 1 aromatic heterocycles. The lowest BCUT2D eigenvalue weighted by Crippen LogP contribution is -2.42. The van der Waals surface area contributed by atoms with Crippen LogP contribution in [-0.4, -0.2) is 22.5 Å². The molecule has 1 aliphatic carbocycles. The smallest absolute Gasteiger partial charge is 0.162 e. The number of nitrogens with zero attached hydrogens (tertiary/aromatic N) is 1. The van der Waals surface area contributed by atoms with Crippen molar-refractivity contribution in [2.75, 3.05) is 0 Å². The lowest BCUT2D eigenvalue weighted by atomic mass is 9.67. The predicted octanol–water partition coefficient (Wildman–Crippen LogP) is 3.38. The summed E-state index contributed by atoms with van der Waals surface area (Å²) < 4.78 is 5.36. The molecule has 0 N–H and O–H groups in total. The molecule has 0 spiro atoms. The molecule has 1 aliphatic rings. The van der Waals surface area contributed by atoms with E-state index in [2.05, 4.69) is 5.16 Å². The highest BCUT2D eigenvalue weighted by Gasteiger charge is 2.48. The number of ketones is 3. The van der Waals surface area contributed by atoms with E-state index < -0.39 is 11.8 Å². The second-order valence-corrected chi connectivity index (χ2v) is 6.59. The van der Waals surface area contributed by atoms with E-state index in [9.17, 15) is 14.4 Å². The van der Waals surface area contributed by atoms with Gasteiger partial charge >= 0.3 is 0 Å². The predicted molar refractivity (Wildman–Crippen MR) is 91.2 cm³/mol. The van der Waals surface area contributed by atoms with Crippen molar-refractivity contribution in [1.82, 2.24) is 5.16 Å². The standard InChI is InChI=1S/C20H21NO4/c1-3-7-15(22)19-16(23)11-14(13-8-5-4-6-9-13)18(20(19)24)17-10-12(2)21-25-17/h4-6,8-10,14,18-19H,3,7,11H2,1-2H3/t14-,18-,19-/m1/s1.